The van der Waals surface area contributed by atoms with Gasteiger partial charge in [-0.2, -0.15) is 13.2 Å². The second-order valence-corrected chi connectivity index (χ2v) is 3.57. The number of primary amides is 1. The summed E-state index contributed by atoms with van der Waals surface area (Å²) in [6, 6.07) is 0.643. The Bertz CT molecular complexity index is 378. The zero-order valence-corrected chi connectivity index (χ0v) is 8.76. The van der Waals surface area contributed by atoms with Crippen LogP contribution in [0.25, 0.3) is 0 Å². The minimum atomic E-state index is -4.56. The largest absolute Gasteiger partial charge is 0.433 e. The predicted octanol–water partition coefficient (Wildman–Crippen LogP) is 1.80. The third-order valence-electron chi connectivity index (χ3n) is 1.41. The van der Waals surface area contributed by atoms with Gasteiger partial charge in [-0.25, -0.2) is 0 Å². The lowest BCUT2D eigenvalue weighted by Gasteiger charge is -2.07. The number of hydrogen-bond acceptors (Lipinski definition) is 2. The lowest BCUT2D eigenvalue weighted by atomic mass is 10.2. The van der Waals surface area contributed by atoms with Crippen LogP contribution >= 0.6 is 22.6 Å². The van der Waals surface area contributed by atoms with E-state index in [9.17, 15) is 18.0 Å². The van der Waals surface area contributed by atoms with Crippen molar-refractivity contribution in [2.75, 3.05) is 0 Å². The van der Waals surface area contributed by atoms with Crippen molar-refractivity contribution in [2.45, 2.75) is 6.18 Å². The summed E-state index contributed by atoms with van der Waals surface area (Å²) in [5.41, 5.74) is 3.60. The minimum Gasteiger partial charge on any atom is -0.366 e. The number of carbonyl (C=O) groups excluding carboxylic acids is 1. The van der Waals surface area contributed by atoms with Gasteiger partial charge in [0, 0.05) is 9.77 Å². The summed E-state index contributed by atoms with van der Waals surface area (Å²) in [6.07, 6.45) is -3.60. The molecule has 1 aromatic heterocycles. The van der Waals surface area contributed by atoms with Gasteiger partial charge >= 0.3 is 6.18 Å². The average molecular weight is 316 g/mol. The van der Waals surface area contributed by atoms with Crippen LogP contribution in [0.1, 0.15) is 16.1 Å². The van der Waals surface area contributed by atoms with Crippen LogP contribution in [0.3, 0.4) is 0 Å². The number of nitrogens with two attached hydrogens (primary N) is 1. The molecule has 0 aromatic carbocycles. The van der Waals surface area contributed by atoms with Crippen LogP contribution in [-0.4, -0.2) is 10.9 Å². The van der Waals surface area contributed by atoms with Crippen LogP contribution in [0, 0.1) is 3.57 Å². The number of hydrogen-bond donors (Lipinski definition) is 1. The molecule has 0 aliphatic carbocycles. The molecule has 0 saturated carbocycles. The van der Waals surface area contributed by atoms with Crippen LogP contribution in [0.2, 0.25) is 0 Å². The highest BCUT2D eigenvalue weighted by Crippen LogP contribution is 2.28. The summed E-state index contributed by atoms with van der Waals surface area (Å²) in [6.45, 7) is 0. The number of halogens is 4. The van der Waals surface area contributed by atoms with Crippen molar-refractivity contribution in [3.63, 3.8) is 0 Å². The standard InChI is InChI=1S/C7H4F3IN2O/c8-7(9,10)5-1-3(6(12)14)4(11)2-13-5/h1-2H,(H2,12,14). The summed E-state index contributed by atoms with van der Waals surface area (Å²) in [5, 5.41) is 0. The summed E-state index contributed by atoms with van der Waals surface area (Å²) in [7, 11) is 0. The molecule has 76 valence electrons. The van der Waals surface area contributed by atoms with Gasteiger partial charge in [0.1, 0.15) is 5.69 Å². The van der Waals surface area contributed by atoms with Crippen LogP contribution in [0.4, 0.5) is 13.2 Å². The first-order valence-corrected chi connectivity index (χ1v) is 4.43. The third kappa shape index (κ3) is 2.34. The van der Waals surface area contributed by atoms with E-state index in [1.165, 1.54) is 0 Å². The van der Waals surface area contributed by atoms with E-state index in [2.05, 4.69) is 4.98 Å². The number of rotatable bonds is 1. The van der Waals surface area contributed by atoms with Gasteiger partial charge in [0.05, 0.1) is 5.56 Å². The molecular weight excluding hydrogens is 312 g/mol. The summed E-state index contributed by atoms with van der Waals surface area (Å²) >= 11 is 1.69. The predicted molar refractivity (Wildman–Crippen MR) is 50.5 cm³/mol. The Hall–Kier alpha value is -0.860. The van der Waals surface area contributed by atoms with Crippen LogP contribution in [0.5, 0.6) is 0 Å². The highest BCUT2D eigenvalue weighted by atomic mass is 127. The number of carbonyl (C=O) groups is 1. The fourth-order valence-corrected chi connectivity index (χ4v) is 1.34. The topological polar surface area (TPSA) is 56.0 Å². The molecule has 14 heavy (non-hydrogen) atoms. The van der Waals surface area contributed by atoms with Crippen molar-refractivity contribution in [3.8, 4) is 0 Å². The lowest BCUT2D eigenvalue weighted by molar-refractivity contribution is -0.141. The number of pyridine rings is 1. The van der Waals surface area contributed by atoms with Gasteiger partial charge in [-0.3, -0.25) is 9.78 Å². The zero-order chi connectivity index (χ0) is 10.9. The van der Waals surface area contributed by atoms with E-state index in [4.69, 9.17) is 5.73 Å². The Kier molecular flexibility index (Phi) is 2.98. The molecule has 1 aromatic rings. The molecule has 0 radical (unpaired) electrons. The van der Waals surface area contributed by atoms with E-state index in [0.717, 1.165) is 6.20 Å². The maximum atomic E-state index is 12.1. The van der Waals surface area contributed by atoms with Gasteiger partial charge in [0.15, 0.2) is 0 Å². The Labute approximate surface area is 90.6 Å². The van der Waals surface area contributed by atoms with Crippen LogP contribution in [0.15, 0.2) is 12.3 Å². The highest BCUT2D eigenvalue weighted by molar-refractivity contribution is 14.1. The maximum absolute atomic E-state index is 12.1. The molecular formula is C7H4F3IN2O. The van der Waals surface area contributed by atoms with E-state index < -0.39 is 17.8 Å². The Morgan fingerprint density at radius 1 is 1.50 bits per heavy atom. The molecule has 0 saturated heterocycles. The molecule has 7 heteroatoms. The Morgan fingerprint density at radius 3 is 2.50 bits per heavy atom. The number of aromatic nitrogens is 1. The van der Waals surface area contributed by atoms with E-state index in [-0.39, 0.29) is 5.56 Å². The van der Waals surface area contributed by atoms with E-state index in [1.54, 1.807) is 22.6 Å². The molecule has 0 atom stereocenters. The van der Waals surface area contributed by atoms with Gasteiger partial charge in [-0.05, 0) is 28.7 Å². The Balaban J connectivity index is 3.27. The fourth-order valence-electron chi connectivity index (χ4n) is 0.783. The lowest BCUT2D eigenvalue weighted by Crippen LogP contribution is -2.16. The molecule has 3 nitrogen and oxygen atoms in total. The number of alkyl halides is 3. The van der Waals surface area contributed by atoms with E-state index in [1.807, 2.05) is 0 Å². The molecule has 0 aliphatic rings. The minimum absolute atomic E-state index is 0.173. The molecule has 1 amide bonds. The van der Waals surface area contributed by atoms with E-state index in [0.29, 0.717) is 9.64 Å². The average Bonchev–Trinajstić information content (AvgIpc) is 2.02. The van der Waals surface area contributed by atoms with Crippen molar-refractivity contribution < 1.29 is 18.0 Å². The molecule has 2 N–H and O–H groups in total. The SMILES string of the molecule is NC(=O)c1cc(C(F)(F)F)ncc1I. The second-order valence-electron chi connectivity index (χ2n) is 2.41. The first kappa shape index (κ1) is 11.2. The fraction of sp³-hybridized carbons (Fsp3) is 0.143. The van der Waals surface area contributed by atoms with Crippen molar-refractivity contribution >= 4 is 28.5 Å². The van der Waals surface area contributed by atoms with Crippen molar-refractivity contribution in [1.29, 1.82) is 0 Å². The summed E-state index contributed by atoms with van der Waals surface area (Å²) in [4.78, 5) is 13.9. The summed E-state index contributed by atoms with van der Waals surface area (Å²) < 4.78 is 36.7. The van der Waals surface area contributed by atoms with Gasteiger partial charge in [0.2, 0.25) is 5.91 Å². The monoisotopic (exact) mass is 316 g/mol. The maximum Gasteiger partial charge on any atom is 0.433 e. The van der Waals surface area contributed by atoms with Crippen molar-refractivity contribution in [3.05, 3.63) is 27.1 Å². The zero-order valence-electron chi connectivity index (χ0n) is 6.60. The van der Waals surface area contributed by atoms with Crippen molar-refractivity contribution in [1.82, 2.24) is 4.98 Å². The number of amides is 1. The van der Waals surface area contributed by atoms with Crippen molar-refractivity contribution in [2.24, 2.45) is 5.73 Å². The molecule has 0 aliphatic heterocycles. The normalized spacial score (nSPS) is 11.4. The van der Waals surface area contributed by atoms with Gasteiger partial charge < -0.3 is 5.73 Å². The van der Waals surface area contributed by atoms with Gasteiger partial charge in [-0.15, -0.1) is 0 Å². The third-order valence-corrected chi connectivity index (χ3v) is 2.27. The van der Waals surface area contributed by atoms with E-state index >= 15 is 0 Å². The molecule has 1 rings (SSSR count). The molecule has 0 fully saturated rings. The van der Waals surface area contributed by atoms with Crippen LogP contribution in [-0.2, 0) is 6.18 Å². The summed E-state index contributed by atoms with van der Waals surface area (Å²) in [5.74, 6) is -0.901. The smallest absolute Gasteiger partial charge is 0.366 e. The Morgan fingerprint density at radius 2 is 2.07 bits per heavy atom. The van der Waals surface area contributed by atoms with Crippen LogP contribution < -0.4 is 5.73 Å². The molecule has 0 unspecified atom stereocenters. The second kappa shape index (κ2) is 3.71. The van der Waals surface area contributed by atoms with Gasteiger partial charge in [-0.1, -0.05) is 0 Å². The first-order chi connectivity index (χ1) is 6.32. The first-order valence-electron chi connectivity index (χ1n) is 3.35. The highest BCUT2D eigenvalue weighted by Gasteiger charge is 2.33. The molecule has 0 spiro atoms. The van der Waals surface area contributed by atoms with Gasteiger partial charge in [0.25, 0.3) is 0 Å². The number of nitrogens with zero attached hydrogens (tertiary/aromatic N) is 1. The quantitative estimate of drug-likeness (QED) is 0.803. The molecule has 1 heterocycles. The molecule has 0 bridgehead atoms.